The van der Waals surface area contributed by atoms with Crippen molar-refractivity contribution in [3.05, 3.63) is 0 Å². The molecule has 0 aliphatic heterocycles. The van der Waals surface area contributed by atoms with Crippen LogP contribution >= 0.6 is 12.8 Å². The van der Waals surface area contributed by atoms with Crippen molar-refractivity contribution in [2.45, 2.75) is 0 Å². The Balaban J connectivity index is -0.0000000575. The summed E-state index contributed by atoms with van der Waals surface area (Å²) in [6, 6.07) is 0. The predicted octanol–water partition coefficient (Wildman–Crippen LogP) is 0.304. The van der Waals surface area contributed by atoms with Crippen LogP contribution in [0.15, 0.2) is 0 Å². The average molecular weight is 215 g/mol. The van der Waals surface area contributed by atoms with E-state index in [-0.39, 0.29) is 37.7 Å². The van der Waals surface area contributed by atoms with Gasteiger partial charge in [0.05, 0.1) is 0 Å². The van der Waals surface area contributed by atoms with Crippen LogP contribution in [0.1, 0.15) is 0 Å². The molecule has 0 saturated carbocycles. The fourth-order valence-electron chi connectivity index (χ4n) is 0. The molecule has 0 aromatic rings. The molecule has 3 nitrogen and oxygen atoms in total. The molecule has 0 amide bonds. The van der Waals surface area contributed by atoms with Gasteiger partial charge in [-0.2, -0.15) is 0 Å². The number of carbonyl (C=O) groups is 1. The maximum absolute atomic E-state index is 8.56. The van der Waals surface area contributed by atoms with Crippen molar-refractivity contribution in [1.29, 1.82) is 0 Å². The molecule has 0 aromatic heterocycles. The number of hydrogen-bond donors (Lipinski definition) is 2. The maximum atomic E-state index is 8.56. The van der Waals surface area contributed by atoms with E-state index in [1.807, 2.05) is 0 Å². The summed E-state index contributed by atoms with van der Waals surface area (Å²) >= 11 is -0.931. The fraction of sp³-hybridized carbons (Fsp3) is 0. The molecule has 44 valence electrons. The first-order valence-corrected chi connectivity index (χ1v) is 7.26. The van der Waals surface area contributed by atoms with Crippen molar-refractivity contribution >= 4 is 87.5 Å². The van der Waals surface area contributed by atoms with E-state index in [1.165, 1.54) is 0 Å². The minimum absolute atomic E-state index is 0. The summed E-state index contributed by atoms with van der Waals surface area (Å²) in [4.78, 5) is 8.56. The van der Waals surface area contributed by atoms with Crippen molar-refractivity contribution in [2.24, 2.45) is 0 Å². The second kappa shape index (κ2) is 16.2. The van der Waals surface area contributed by atoms with Crippen molar-refractivity contribution in [1.82, 2.24) is 0 Å². The van der Waals surface area contributed by atoms with Crippen LogP contribution < -0.4 is 0 Å². The molecule has 0 unspecified atom stereocenters. The molecule has 8 heavy (non-hydrogen) atoms. The van der Waals surface area contributed by atoms with Gasteiger partial charge < -0.3 is 10.2 Å². The Labute approximate surface area is 100 Å². The molecule has 0 radical (unpaired) electrons. The normalized spacial score (nSPS) is 4.25. The van der Waals surface area contributed by atoms with Gasteiger partial charge in [-0.1, -0.05) is 0 Å². The topological polar surface area (TPSA) is 57.5 Å². The molecule has 0 aromatic carbocycles. The van der Waals surface area contributed by atoms with Crippen LogP contribution in [0.3, 0.4) is 0 Å². The number of hydrogen-bond acceptors (Lipinski definition) is 1. The molecule has 0 aliphatic carbocycles. The van der Waals surface area contributed by atoms with E-state index < -0.39 is 37.0 Å². The Kier molecular flexibility index (Phi) is 33.9. The Hall–Kier alpha value is 2.37. The van der Waals surface area contributed by atoms with Gasteiger partial charge in [-0.3, -0.25) is 0 Å². The van der Waals surface area contributed by atoms with Crippen LogP contribution in [0, 0.1) is 0 Å². The zero-order valence-corrected chi connectivity index (χ0v) is 6.99. The van der Waals surface area contributed by atoms with Crippen LogP contribution in [0.4, 0.5) is 4.79 Å². The van der Waals surface area contributed by atoms with Gasteiger partial charge in [-0.05, 0) is 0 Å². The van der Waals surface area contributed by atoms with E-state index in [0.29, 0.717) is 0 Å². The van der Waals surface area contributed by atoms with Gasteiger partial charge in [-0.25, -0.2) is 4.79 Å². The third-order valence-electron chi connectivity index (χ3n) is 0. The molecular weight excluding hydrogens is 211 g/mol. The van der Waals surface area contributed by atoms with E-state index in [2.05, 4.69) is 0 Å². The molecule has 0 saturated heterocycles. The van der Waals surface area contributed by atoms with Gasteiger partial charge in [-0.15, -0.1) is 0 Å². The Morgan fingerprint density at radius 2 is 1.38 bits per heavy atom. The SMILES string of the molecule is O=C(O)O.[CaH2].[Cl][Ca][Cl]. The van der Waals surface area contributed by atoms with Gasteiger partial charge >= 0.3 is 87.5 Å². The molecular formula is CH4Ca2Cl2O3. The molecule has 0 bridgehead atoms. The zero-order valence-electron chi connectivity index (χ0n) is 3.27. The first-order valence-electron chi connectivity index (χ1n) is 1.19. The summed E-state index contributed by atoms with van der Waals surface area (Å²) in [5.41, 5.74) is 0. The van der Waals surface area contributed by atoms with Gasteiger partial charge in [0, 0.05) is 0 Å². The summed E-state index contributed by atoms with van der Waals surface area (Å²) in [5.74, 6) is 0. The first-order chi connectivity index (χ1) is 3.15. The summed E-state index contributed by atoms with van der Waals surface area (Å²) in [7, 11) is 0. The molecule has 0 atom stereocenters. The molecule has 0 heterocycles. The molecule has 0 fully saturated rings. The Morgan fingerprint density at radius 1 is 1.38 bits per heavy atom. The van der Waals surface area contributed by atoms with E-state index in [4.69, 9.17) is 27.8 Å². The predicted molar refractivity (Wildman–Crippen MR) is 36.7 cm³/mol. The number of halogens is 2. The van der Waals surface area contributed by atoms with E-state index >= 15 is 0 Å². The standard InChI is InChI=1S/CH2O3.2Ca.2ClH.2H/c2-1(3)4;;;;;;/h(H2,2,3,4);;;2*1H;;/q;;+2;;;;/p-2. The monoisotopic (exact) mass is 214 g/mol. The summed E-state index contributed by atoms with van der Waals surface area (Å²) in [5, 5.41) is 13.9. The van der Waals surface area contributed by atoms with Crippen molar-refractivity contribution in [2.75, 3.05) is 0 Å². The second-order valence-corrected chi connectivity index (χ2v) is 4.03. The van der Waals surface area contributed by atoms with Crippen LogP contribution in [0.5, 0.6) is 0 Å². The van der Waals surface area contributed by atoms with Crippen LogP contribution in [0.2, 0.25) is 0 Å². The quantitative estimate of drug-likeness (QED) is 0.571. The summed E-state index contributed by atoms with van der Waals surface area (Å²) in [6.07, 6.45) is 8.07. The van der Waals surface area contributed by atoms with E-state index in [9.17, 15) is 0 Å². The third kappa shape index (κ3) is 81.0. The van der Waals surface area contributed by atoms with Gasteiger partial charge in [0.25, 0.3) is 0 Å². The average Bonchev–Trinajstić information content (AvgIpc) is 1.33. The first kappa shape index (κ1) is 16.8. The van der Waals surface area contributed by atoms with Crippen LogP contribution in [0.25, 0.3) is 0 Å². The van der Waals surface area contributed by atoms with Gasteiger partial charge in [0.15, 0.2) is 0 Å². The van der Waals surface area contributed by atoms with Crippen molar-refractivity contribution in [3.63, 3.8) is 0 Å². The molecule has 0 spiro atoms. The fourth-order valence-corrected chi connectivity index (χ4v) is 0. The van der Waals surface area contributed by atoms with E-state index in [0.717, 1.165) is 0 Å². The third-order valence-corrected chi connectivity index (χ3v) is 0. The number of rotatable bonds is 0. The van der Waals surface area contributed by atoms with Crippen molar-refractivity contribution < 1.29 is 15.0 Å². The van der Waals surface area contributed by atoms with Crippen LogP contribution in [-0.2, 0) is 0 Å². The molecule has 0 rings (SSSR count). The zero-order chi connectivity index (χ0) is 6.28. The Bertz CT molecular complexity index is 46.5. The summed E-state index contributed by atoms with van der Waals surface area (Å²) in [6.45, 7) is 0. The van der Waals surface area contributed by atoms with Gasteiger partial charge in [0.1, 0.15) is 0 Å². The van der Waals surface area contributed by atoms with Crippen LogP contribution in [-0.4, -0.2) is 84.9 Å². The summed E-state index contributed by atoms with van der Waals surface area (Å²) < 4.78 is 0. The van der Waals surface area contributed by atoms with Crippen molar-refractivity contribution in [3.8, 4) is 0 Å². The molecule has 0 aliphatic rings. The molecule has 2 N–H and O–H groups in total. The molecule has 7 heteroatoms. The second-order valence-electron chi connectivity index (χ2n) is 0.384. The Morgan fingerprint density at radius 3 is 1.38 bits per heavy atom. The van der Waals surface area contributed by atoms with Gasteiger partial charge in [0.2, 0.25) is 0 Å². The van der Waals surface area contributed by atoms with E-state index in [1.54, 1.807) is 0 Å². The number of carboxylic acid groups (broad SMARTS) is 2. The minimum atomic E-state index is -1.83.